The van der Waals surface area contributed by atoms with Gasteiger partial charge in [0.2, 0.25) is 0 Å². The first-order valence-electron chi connectivity index (χ1n) is 5.50. The average Bonchev–Trinajstić information content (AvgIpc) is 2.40. The second-order valence-corrected chi connectivity index (χ2v) is 4.74. The number of hydrogen-bond donors (Lipinski definition) is 1. The van der Waals surface area contributed by atoms with Gasteiger partial charge in [0.15, 0.2) is 5.78 Å². The van der Waals surface area contributed by atoms with E-state index in [1.807, 2.05) is 0 Å². The molecule has 0 saturated heterocycles. The summed E-state index contributed by atoms with van der Waals surface area (Å²) in [6.07, 6.45) is 4.62. The summed E-state index contributed by atoms with van der Waals surface area (Å²) in [5, 5.41) is 1.13. The molecule has 0 radical (unpaired) electrons. The van der Waals surface area contributed by atoms with E-state index in [1.165, 1.54) is 6.08 Å². The van der Waals surface area contributed by atoms with Crippen LogP contribution >= 0.6 is 23.2 Å². The molecule has 0 amide bonds. The van der Waals surface area contributed by atoms with E-state index >= 15 is 0 Å². The maximum atomic E-state index is 11.9. The van der Waals surface area contributed by atoms with E-state index in [2.05, 4.69) is 0 Å². The molecule has 19 heavy (non-hydrogen) atoms. The molecular weight excluding hydrogens is 283 g/mol. The van der Waals surface area contributed by atoms with Gasteiger partial charge in [-0.2, -0.15) is 0 Å². The summed E-state index contributed by atoms with van der Waals surface area (Å²) in [7, 11) is 0. The minimum atomic E-state index is -0.136. The molecule has 2 aromatic rings. The first-order valence-corrected chi connectivity index (χ1v) is 6.26. The lowest BCUT2D eigenvalue weighted by Gasteiger charge is -1.98. The van der Waals surface area contributed by atoms with Gasteiger partial charge in [0.25, 0.3) is 5.82 Å². The number of benzene rings is 1. The van der Waals surface area contributed by atoms with Crippen molar-refractivity contribution >= 4 is 41.0 Å². The Labute approximate surface area is 120 Å². The summed E-state index contributed by atoms with van der Waals surface area (Å²) in [6, 6.07) is 10.0. The number of halogens is 2. The molecule has 0 aliphatic rings. The van der Waals surface area contributed by atoms with Crippen molar-refractivity contribution in [1.82, 2.24) is 0 Å². The maximum absolute atomic E-state index is 11.9. The van der Waals surface area contributed by atoms with Crippen molar-refractivity contribution in [3.63, 3.8) is 0 Å². The fourth-order valence-electron chi connectivity index (χ4n) is 1.49. The first-order chi connectivity index (χ1) is 9.06. The van der Waals surface area contributed by atoms with Crippen LogP contribution < -0.4 is 10.3 Å². The van der Waals surface area contributed by atoms with Crippen LogP contribution in [0.15, 0.2) is 48.7 Å². The van der Waals surface area contributed by atoms with Crippen LogP contribution in [-0.2, 0) is 0 Å². The summed E-state index contributed by atoms with van der Waals surface area (Å²) < 4.78 is 1.58. The van der Waals surface area contributed by atoms with Crippen molar-refractivity contribution in [3.05, 3.63) is 64.3 Å². The highest BCUT2D eigenvalue weighted by molar-refractivity contribution is 6.30. The number of anilines is 1. The normalized spacial score (nSPS) is 10.8. The molecule has 2 rings (SSSR count). The van der Waals surface area contributed by atoms with Gasteiger partial charge in [0, 0.05) is 22.7 Å². The molecule has 1 heterocycles. The van der Waals surface area contributed by atoms with Crippen LogP contribution in [0.2, 0.25) is 10.0 Å². The summed E-state index contributed by atoms with van der Waals surface area (Å²) in [5.74, 6) is 0.355. The summed E-state index contributed by atoms with van der Waals surface area (Å²) in [5.41, 5.74) is 6.32. The number of aromatic nitrogens is 1. The van der Waals surface area contributed by atoms with E-state index in [4.69, 9.17) is 28.9 Å². The highest BCUT2D eigenvalue weighted by Crippen LogP contribution is 2.10. The monoisotopic (exact) mass is 293 g/mol. The molecular formula is C14H11Cl2N2O+. The molecule has 1 aromatic heterocycles. The molecule has 0 atom stereocenters. The van der Waals surface area contributed by atoms with Crippen molar-refractivity contribution in [1.29, 1.82) is 0 Å². The number of allylic oxidation sites excluding steroid dienone is 1. The number of hydrogen-bond acceptors (Lipinski definition) is 2. The molecule has 5 heteroatoms. The van der Waals surface area contributed by atoms with Gasteiger partial charge in [0.05, 0.1) is 11.2 Å². The lowest BCUT2D eigenvalue weighted by molar-refractivity contribution is -0.552. The number of nitrogens with two attached hydrogens (primary N) is 1. The quantitative estimate of drug-likeness (QED) is 0.537. The van der Waals surface area contributed by atoms with E-state index in [9.17, 15) is 4.79 Å². The predicted octanol–water partition coefficient (Wildman–Crippen LogP) is 3.22. The van der Waals surface area contributed by atoms with Gasteiger partial charge in [-0.1, -0.05) is 23.2 Å². The summed E-state index contributed by atoms with van der Waals surface area (Å²) in [6.45, 7) is 0. The predicted molar refractivity (Wildman–Crippen MR) is 77.2 cm³/mol. The van der Waals surface area contributed by atoms with Gasteiger partial charge in [-0.05, 0) is 30.3 Å². The van der Waals surface area contributed by atoms with Crippen molar-refractivity contribution in [3.8, 4) is 0 Å². The Morgan fingerprint density at radius 1 is 1.05 bits per heavy atom. The molecule has 0 spiro atoms. The van der Waals surface area contributed by atoms with Crippen LogP contribution in [0.25, 0.3) is 6.20 Å². The van der Waals surface area contributed by atoms with Crippen molar-refractivity contribution in [2.45, 2.75) is 0 Å². The van der Waals surface area contributed by atoms with Crippen LogP contribution in [0.4, 0.5) is 5.82 Å². The van der Waals surface area contributed by atoms with Crippen molar-refractivity contribution < 1.29 is 9.36 Å². The van der Waals surface area contributed by atoms with Crippen molar-refractivity contribution in [2.75, 3.05) is 5.73 Å². The fraction of sp³-hybridized carbons (Fsp3) is 0. The lowest BCUT2D eigenvalue weighted by atomic mass is 10.1. The standard InChI is InChI=1S/C14H10Cl2N2O/c15-11-3-1-10(2-4-11)13(19)7-8-18-9-12(16)5-6-14(18)17/h1-9,17H/p+1. The first kappa shape index (κ1) is 13.6. The van der Waals surface area contributed by atoms with Gasteiger partial charge in [-0.15, -0.1) is 0 Å². The minimum Gasteiger partial charge on any atom is -0.289 e. The van der Waals surface area contributed by atoms with E-state index in [-0.39, 0.29) is 5.78 Å². The van der Waals surface area contributed by atoms with Crippen LogP contribution in [0, 0.1) is 0 Å². The van der Waals surface area contributed by atoms with Crippen LogP contribution in [-0.4, -0.2) is 5.78 Å². The zero-order chi connectivity index (χ0) is 13.8. The average molecular weight is 294 g/mol. The number of nitrogen functional groups attached to an aromatic ring is 1. The molecule has 96 valence electrons. The molecule has 0 fully saturated rings. The molecule has 0 bridgehead atoms. The fourth-order valence-corrected chi connectivity index (χ4v) is 1.78. The minimum absolute atomic E-state index is 0.136. The van der Waals surface area contributed by atoms with Crippen LogP contribution in [0.1, 0.15) is 10.4 Å². The van der Waals surface area contributed by atoms with Gasteiger partial charge in [0.1, 0.15) is 6.20 Å². The van der Waals surface area contributed by atoms with Gasteiger partial charge >= 0.3 is 0 Å². The third-order valence-electron chi connectivity index (χ3n) is 2.49. The van der Waals surface area contributed by atoms with Gasteiger partial charge < -0.3 is 0 Å². The van der Waals surface area contributed by atoms with E-state index < -0.39 is 0 Å². The lowest BCUT2D eigenvalue weighted by Crippen LogP contribution is -2.30. The third kappa shape index (κ3) is 3.56. The molecule has 0 aliphatic heterocycles. The molecule has 3 nitrogen and oxygen atoms in total. The Morgan fingerprint density at radius 3 is 2.37 bits per heavy atom. The summed E-state index contributed by atoms with van der Waals surface area (Å²) in [4.78, 5) is 11.9. The maximum Gasteiger partial charge on any atom is 0.277 e. The van der Waals surface area contributed by atoms with E-state index in [0.717, 1.165) is 0 Å². The van der Waals surface area contributed by atoms with Gasteiger partial charge in [-0.25, -0.2) is 4.57 Å². The van der Waals surface area contributed by atoms with E-state index in [1.54, 1.807) is 53.4 Å². The molecule has 1 aromatic carbocycles. The third-order valence-corrected chi connectivity index (χ3v) is 2.96. The highest BCUT2D eigenvalue weighted by atomic mass is 35.5. The number of pyridine rings is 1. The number of nitrogens with zero attached hydrogens (tertiary/aromatic N) is 1. The smallest absolute Gasteiger partial charge is 0.277 e. The molecule has 0 unspecified atom stereocenters. The molecule has 2 N–H and O–H groups in total. The topological polar surface area (TPSA) is 47.0 Å². The Balaban J connectivity index is 2.20. The zero-order valence-electron chi connectivity index (χ0n) is 9.88. The van der Waals surface area contributed by atoms with Gasteiger partial charge in [-0.3, -0.25) is 10.5 Å². The summed E-state index contributed by atoms with van der Waals surface area (Å²) >= 11 is 11.6. The Hall–Kier alpha value is -1.84. The number of ketones is 1. The number of carbonyl (C=O) groups is 1. The Bertz CT molecular complexity index is 636. The SMILES string of the molecule is Nc1ccc(Cl)c[n+]1C=CC(=O)c1ccc(Cl)cc1. The molecule has 0 saturated carbocycles. The van der Waals surface area contributed by atoms with Crippen LogP contribution in [0.5, 0.6) is 0 Å². The second kappa shape index (κ2) is 5.87. The Morgan fingerprint density at radius 2 is 1.68 bits per heavy atom. The van der Waals surface area contributed by atoms with Crippen molar-refractivity contribution in [2.24, 2.45) is 0 Å². The van der Waals surface area contributed by atoms with E-state index in [0.29, 0.717) is 21.4 Å². The highest BCUT2D eigenvalue weighted by Gasteiger charge is 2.05. The largest absolute Gasteiger partial charge is 0.289 e. The molecule has 0 aliphatic carbocycles. The Kier molecular flexibility index (Phi) is 4.20. The number of rotatable bonds is 3. The second-order valence-electron chi connectivity index (χ2n) is 3.87. The number of carbonyl (C=O) groups excluding carboxylic acids is 1. The van der Waals surface area contributed by atoms with Crippen LogP contribution in [0.3, 0.4) is 0 Å². The zero-order valence-corrected chi connectivity index (χ0v) is 11.4.